The number of ether oxygens (including phenoxy) is 1. The van der Waals surface area contributed by atoms with Crippen molar-refractivity contribution in [1.29, 1.82) is 0 Å². The molecule has 0 spiro atoms. The van der Waals surface area contributed by atoms with Crippen LogP contribution in [-0.4, -0.2) is 50.5 Å². The number of sulfonamides is 1. The van der Waals surface area contributed by atoms with Crippen molar-refractivity contribution in [3.05, 3.63) is 64.2 Å². The maximum absolute atomic E-state index is 12.9. The van der Waals surface area contributed by atoms with Crippen LogP contribution in [0.15, 0.2) is 36.4 Å². The van der Waals surface area contributed by atoms with Gasteiger partial charge in [0.1, 0.15) is 5.75 Å². The van der Waals surface area contributed by atoms with Gasteiger partial charge < -0.3 is 9.64 Å². The summed E-state index contributed by atoms with van der Waals surface area (Å²) < 4.78 is 30.7. The predicted molar refractivity (Wildman–Crippen MR) is 121 cm³/mol. The summed E-state index contributed by atoms with van der Waals surface area (Å²) in [6.07, 6.45) is 4.74. The number of fused-ring (bicyclic) bond motifs is 2. The van der Waals surface area contributed by atoms with E-state index in [-0.39, 0.29) is 5.91 Å². The lowest BCUT2D eigenvalue weighted by atomic mass is 9.82. The number of amides is 1. The molecule has 1 atom stereocenters. The van der Waals surface area contributed by atoms with Gasteiger partial charge in [0.2, 0.25) is 15.9 Å². The Morgan fingerprint density at radius 3 is 2.71 bits per heavy atom. The maximum Gasteiger partial charge on any atom is 0.226 e. The zero-order valence-corrected chi connectivity index (χ0v) is 19.2. The van der Waals surface area contributed by atoms with Crippen molar-refractivity contribution in [2.75, 3.05) is 27.0 Å². The van der Waals surface area contributed by atoms with E-state index in [9.17, 15) is 13.2 Å². The Kier molecular flexibility index (Phi) is 6.08. The summed E-state index contributed by atoms with van der Waals surface area (Å²) in [5.41, 5.74) is 5.51. The molecule has 0 fully saturated rings. The van der Waals surface area contributed by atoms with Crippen molar-refractivity contribution in [3.63, 3.8) is 0 Å². The third-order valence-corrected chi connectivity index (χ3v) is 7.71. The average Bonchev–Trinajstić information content (AvgIpc) is 3.17. The van der Waals surface area contributed by atoms with Crippen LogP contribution in [0.4, 0.5) is 0 Å². The zero-order chi connectivity index (χ0) is 22.2. The van der Waals surface area contributed by atoms with E-state index in [0.717, 1.165) is 41.7 Å². The van der Waals surface area contributed by atoms with Gasteiger partial charge in [0.15, 0.2) is 0 Å². The third kappa shape index (κ3) is 4.62. The number of methoxy groups -OCH3 is 1. The Hall–Kier alpha value is -2.38. The van der Waals surface area contributed by atoms with Crippen LogP contribution >= 0.6 is 0 Å². The summed E-state index contributed by atoms with van der Waals surface area (Å²) in [5.74, 6) is 1.33. The minimum Gasteiger partial charge on any atom is -0.496 e. The SMILES string of the molecule is COc1cccc2c1CCC[C@H]2CN(C)C(=O)Cc1ccc2c(c1)CN(S(C)(=O)=O)C2. The van der Waals surface area contributed by atoms with Crippen LogP contribution in [0.3, 0.4) is 0 Å². The largest absolute Gasteiger partial charge is 0.496 e. The monoisotopic (exact) mass is 442 g/mol. The highest BCUT2D eigenvalue weighted by molar-refractivity contribution is 7.88. The fraction of sp³-hybridized carbons (Fsp3) is 0.458. The van der Waals surface area contributed by atoms with Crippen LogP contribution in [0.5, 0.6) is 5.75 Å². The molecule has 2 aliphatic rings. The first-order valence-corrected chi connectivity index (χ1v) is 12.6. The number of benzene rings is 2. The van der Waals surface area contributed by atoms with Crippen molar-refractivity contribution >= 4 is 15.9 Å². The maximum atomic E-state index is 12.9. The Bertz CT molecular complexity index is 1100. The van der Waals surface area contributed by atoms with Gasteiger partial charge in [-0.1, -0.05) is 30.3 Å². The fourth-order valence-electron chi connectivity index (χ4n) is 4.80. The van der Waals surface area contributed by atoms with Crippen LogP contribution in [0, 0.1) is 0 Å². The summed E-state index contributed by atoms with van der Waals surface area (Å²) in [5, 5.41) is 0. The quantitative estimate of drug-likeness (QED) is 0.690. The van der Waals surface area contributed by atoms with Gasteiger partial charge in [-0.05, 0) is 53.1 Å². The van der Waals surface area contributed by atoms with Gasteiger partial charge in [0.25, 0.3) is 0 Å². The van der Waals surface area contributed by atoms with Gasteiger partial charge in [-0.15, -0.1) is 0 Å². The lowest BCUT2D eigenvalue weighted by molar-refractivity contribution is -0.129. The summed E-state index contributed by atoms with van der Waals surface area (Å²) >= 11 is 0. The van der Waals surface area contributed by atoms with Crippen LogP contribution in [-0.2, 0) is 40.7 Å². The van der Waals surface area contributed by atoms with Crippen LogP contribution in [0.1, 0.15) is 46.6 Å². The minimum atomic E-state index is -3.22. The molecular weight excluding hydrogens is 412 g/mol. The van der Waals surface area contributed by atoms with Gasteiger partial charge in [0.05, 0.1) is 19.8 Å². The minimum absolute atomic E-state index is 0.0768. The molecular formula is C24H30N2O4S. The molecule has 1 amide bonds. The third-order valence-electron chi connectivity index (χ3n) is 6.52. The van der Waals surface area contributed by atoms with Crippen LogP contribution < -0.4 is 4.74 Å². The number of carbonyl (C=O) groups excluding carboxylic acids is 1. The molecule has 0 N–H and O–H groups in total. The first kappa shape index (κ1) is 21.8. The zero-order valence-electron chi connectivity index (χ0n) is 18.4. The van der Waals surface area contributed by atoms with E-state index in [1.165, 1.54) is 21.7 Å². The summed E-state index contributed by atoms with van der Waals surface area (Å²) in [4.78, 5) is 14.8. The lowest BCUT2D eigenvalue weighted by Crippen LogP contribution is -2.33. The van der Waals surface area contributed by atoms with Gasteiger partial charge in [0, 0.05) is 32.6 Å². The van der Waals surface area contributed by atoms with Crippen molar-refractivity contribution in [3.8, 4) is 5.75 Å². The predicted octanol–water partition coefficient (Wildman–Crippen LogP) is 3.09. The number of nitrogens with zero attached hydrogens (tertiary/aromatic N) is 2. The molecule has 7 heteroatoms. The fourth-order valence-corrected chi connectivity index (χ4v) is 5.54. The summed E-state index contributed by atoms with van der Waals surface area (Å²) in [6, 6.07) is 12.1. The van der Waals surface area contributed by atoms with E-state index in [4.69, 9.17) is 4.74 Å². The van der Waals surface area contributed by atoms with Crippen molar-refractivity contribution in [1.82, 2.24) is 9.21 Å². The molecule has 0 bridgehead atoms. The smallest absolute Gasteiger partial charge is 0.226 e. The number of hydrogen-bond acceptors (Lipinski definition) is 4. The lowest BCUT2D eigenvalue weighted by Gasteiger charge is -2.30. The van der Waals surface area contributed by atoms with E-state index >= 15 is 0 Å². The van der Waals surface area contributed by atoms with E-state index in [1.807, 2.05) is 42.3 Å². The Labute approximate surface area is 184 Å². The molecule has 0 saturated carbocycles. The topological polar surface area (TPSA) is 66.9 Å². The summed E-state index contributed by atoms with van der Waals surface area (Å²) in [7, 11) is 0.363. The Morgan fingerprint density at radius 1 is 1.19 bits per heavy atom. The van der Waals surface area contributed by atoms with Gasteiger partial charge in [-0.2, -0.15) is 4.31 Å². The Balaban J connectivity index is 1.42. The Morgan fingerprint density at radius 2 is 1.97 bits per heavy atom. The molecule has 1 aliphatic heterocycles. The molecule has 0 radical (unpaired) electrons. The second-order valence-electron chi connectivity index (χ2n) is 8.70. The molecule has 0 saturated heterocycles. The standard InChI is InChI=1S/C24H30N2O4S/c1-25(14-19-6-4-8-22-21(19)7-5-9-23(22)30-2)24(27)13-17-10-11-18-15-26(31(3,28)29)16-20(18)12-17/h5,7,9-12,19H,4,6,8,13-16H2,1-3H3/t19-/m0/s1. The molecule has 6 nitrogen and oxygen atoms in total. The normalized spacial score (nSPS) is 18.4. The van der Waals surface area contributed by atoms with Gasteiger partial charge in [-0.3, -0.25) is 4.79 Å². The first-order chi connectivity index (χ1) is 14.8. The molecule has 166 valence electrons. The highest BCUT2D eigenvalue weighted by Crippen LogP contribution is 2.37. The average molecular weight is 443 g/mol. The first-order valence-electron chi connectivity index (χ1n) is 10.7. The molecule has 1 heterocycles. The second-order valence-corrected chi connectivity index (χ2v) is 10.7. The van der Waals surface area contributed by atoms with Crippen molar-refractivity contribution in [2.45, 2.75) is 44.7 Å². The van der Waals surface area contributed by atoms with E-state index in [1.54, 1.807) is 7.11 Å². The van der Waals surface area contributed by atoms with Crippen LogP contribution in [0.25, 0.3) is 0 Å². The molecule has 2 aromatic carbocycles. The van der Waals surface area contributed by atoms with Crippen molar-refractivity contribution < 1.29 is 17.9 Å². The highest BCUT2D eigenvalue weighted by Gasteiger charge is 2.27. The molecule has 0 unspecified atom stereocenters. The molecule has 0 aromatic heterocycles. The number of carbonyl (C=O) groups is 1. The molecule has 2 aromatic rings. The second kappa shape index (κ2) is 8.63. The van der Waals surface area contributed by atoms with E-state index in [0.29, 0.717) is 32.0 Å². The number of rotatable bonds is 6. The van der Waals surface area contributed by atoms with Crippen molar-refractivity contribution in [2.24, 2.45) is 0 Å². The van der Waals surface area contributed by atoms with Crippen LogP contribution in [0.2, 0.25) is 0 Å². The van der Waals surface area contributed by atoms with E-state index < -0.39 is 10.0 Å². The molecule has 31 heavy (non-hydrogen) atoms. The summed E-state index contributed by atoms with van der Waals surface area (Å²) in [6.45, 7) is 1.48. The van der Waals surface area contributed by atoms with E-state index in [2.05, 4.69) is 6.07 Å². The molecule has 1 aliphatic carbocycles. The van der Waals surface area contributed by atoms with Gasteiger partial charge >= 0.3 is 0 Å². The number of hydrogen-bond donors (Lipinski definition) is 0. The highest BCUT2D eigenvalue weighted by atomic mass is 32.2. The van der Waals surface area contributed by atoms with Gasteiger partial charge in [-0.25, -0.2) is 8.42 Å². The molecule has 4 rings (SSSR count). The number of likely N-dealkylation sites (N-methyl/N-ethyl adjacent to an activating group) is 1.